The van der Waals surface area contributed by atoms with Crippen LogP contribution in [0.25, 0.3) is 0 Å². The van der Waals surface area contributed by atoms with E-state index in [2.05, 4.69) is 5.10 Å². The van der Waals surface area contributed by atoms with Crippen LogP contribution in [0.1, 0.15) is 11.1 Å². The average molecular weight is 342 g/mol. The van der Waals surface area contributed by atoms with Crippen LogP contribution in [0, 0.1) is 0 Å². The van der Waals surface area contributed by atoms with E-state index in [-0.39, 0.29) is 5.91 Å². The molecule has 0 atom stereocenters. The van der Waals surface area contributed by atoms with Gasteiger partial charge in [0.2, 0.25) is 0 Å². The molecule has 0 N–H and O–H groups in total. The minimum atomic E-state index is -0.0901. The number of hydrogen-bond acceptors (Lipinski definition) is 5. The molecule has 0 spiro atoms. The molecule has 2 aromatic carbocycles. The molecule has 0 aliphatic carbocycles. The number of amides is 1. The van der Waals surface area contributed by atoms with Gasteiger partial charge in [0.1, 0.15) is 12.4 Å². The van der Waals surface area contributed by atoms with E-state index in [1.54, 1.807) is 6.21 Å². The molecule has 1 fully saturated rings. The highest BCUT2D eigenvalue weighted by Gasteiger charge is 2.25. The Bertz CT molecular complexity index is 731. The highest BCUT2D eigenvalue weighted by molar-refractivity contribution is 8.23. The summed E-state index contributed by atoms with van der Waals surface area (Å²) in [6.07, 6.45) is 1.62. The van der Waals surface area contributed by atoms with E-state index in [0.29, 0.717) is 16.7 Å². The van der Waals surface area contributed by atoms with E-state index < -0.39 is 0 Å². The maximum absolute atomic E-state index is 11.6. The predicted molar refractivity (Wildman–Crippen MR) is 96.7 cm³/mol. The third kappa shape index (κ3) is 4.18. The van der Waals surface area contributed by atoms with Gasteiger partial charge >= 0.3 is 0 Å². The highest BCUT2D eigenvalue weighted by atomic mass is 32.2. The van der Waals surface area contributed by atoms with Gasteiger partial charge in [0.15, 0.2) is 4.32 Å². The molecule has 0 saturated carbocycles. The van der Waals surface area contributed by atoms with Gasteiger partial charge in [-0.2, -0.15) is 10.1 Å². The zero-order valence-electron chi connectivity index (χ0n) is 12.2. The number of thiocarbonyl (C=S) groups is 1. The summed E-state index contributed by atoms with van der Waals surface area (Å²) in [6, 6.07) is 17.5. The lowest BCUT2D eigenvalue weighted by atomic mass is 10.2. The van der Waals surface area contributed by atoms with Crippen molar-refractivity contribution in [2.24, 2.45) is 5.10 Å². The third-order valence-corrected chi connectivity index (χ3v) is 4.49. The molecule has 1 saturated heterocycles. The number of hydrogen-bond donors (Lipinski definition) is 0. The van der Waals surface area contributed by atoms with Crippen molar-refractivity contribution in [1.29, 1.82) is 0 Å². The second-order valence-electron chi connectivity index (χ2n) is 4.85. The van der Waals surface area contributed by atoms with E-state index >= 15 is 0 Å². The minimum Gasteiger partial charge on any atom is -0.489 e. The minimum absolute atomic E-state index is 0.0901. The first-order valence-electron chi connectivity index (χ1n) is 7.03. The molecule has 23 heavy (non-hydrogen) atoms. The number of benzene rings is 2. The standard InChI is InChI=1S/C17H14N2O2S2/c20-16-12-23-17(22)19(16)18-10-14-7-4-8-15(9-14)21-11-13-5-2-1-3-6-13/h1-10H,11-12H2/b18-10-. The summed E-state index contributed by atoms with van der Waals surface area (Å²) in [4.78, 5) is 11.6. The van der Waals surface area contributed by atoms with Crippen LogP contribution in [0.4, 0.5) is 0 Å². The molecule has 1 aliphatic rings. The highest BCUT2D eigenvalue weighted by Crippen LogP contribution is 2.20. The van der Waals surface area contributed by atoms with Crippen LogP contribution in [0.5, 0.6) is 5.75 Å². The van der Waals surface area contributed by atoms with Crippen molar-refractivity contribution < 1.29 is 9.53 Å². The van der Waals surface area contributed by atoms with Crippen LogP contribution in [0.15, 0.2) is 59.7 Å². The van der Waals surface area contributed by atoms with Gasteiger partial charge in [-0.3, -0.25) is 4.79 Å². The number of carbonyl (C=O) groups is 1. The smallest absolute Gasteiger partial charge is 0.259 e. The molecule has 1 amide bonds. The molecule has 0 aromatic heterocycles. The van der Waals surface area contributed by atoms with Crippen LogP contribution in [-0.2, 0) is 11.4 Å². The Morgan fingerprint density at radius 1 is 1.22 bits per heavy atom. The Hall–Kier alpha value is -2.18. The first-order valence-corrected chi connectivity index (χ1v) is 8.42. The molecule has 0 bridgehead atoms. The lowest BCUT2D eigenvalue weighted by Crippen LogP contribution is -2.22. The molecule has 3 rings (SSSR count). The number of carbonyl (C=O) groups excluding carboxylic acids is 1. The predicted octanol–water partition coefficient (Wildman–Crippen LogP) is 3.46. The number of nitrogens with zero attached hydrogens (tertiary/aromatic N) is 2. The number of hydrazone groups is 1. The lowest BCUT2D eigenvalue weighted by Gasteiger charge is -2.08. The molecular formula is C17H14N2O2S2. The van der Waals surface area contributed by atoms with Crippen molar-refractivity contribution in [3.63, 3.8) is 0 Å². The SMILES string of the molecule is O=C1CSC(=S)N1/N=C\c1cccc(OCc2ccccc2)c1. The van der Waals surface area contributed by atoms with E-state index in [4.69, 9.17) is 17.0 Å². The van der Waals surface area contributed by atoms with Crippen molar-refractivity contribution >= 4 is 40.4 Å². The number of thioether (sulfide) groups is 1. The zero-order valence-corrected chi connectivity index (χ0v) is 13.8. The maximum atomic E-state index is 11.6. The summed E-state index contributed by atoms with van der Waals surface area (Å²) in [6.45, 7) is 0.507. The molecular weight excluding hydrogens is 328 g/mol. The monoisotopic (exact) mass is 342 g/mol. The fourth-order valence-corrected chi connectivity index (χ4v) is 2.98. The second kappa shape index (κ2) is 7.39. The Labute approximate surface area is 144 Å². The largest absolute Gasteiger partial charge is 0.489 e. The Morgan fingerprint density at radius 3 is 2.78 bits per heavy atom. The fraction of sp³-hybridized carbons (Fsp3) is 0.118. The fourth-order valence-electron chi connectivity index (χ4n) is 2.01. The topological polar surface area (TPSA) is 41.9 Å². The van der Waals surface area contributed by atoms with Gasteiger partial charge in [0.25, 0.3) is 5.91 Å². The van der Waals surface area contributed by atoms with Crippen LogP contribution in [0.2, 0.25) is 0 Å². The first-order chi connectivity index (χ1) is 11.2. The normalized spacial score (nSPS) is 14.7. The van der Waals surface area contributed by atoms with E-state index in [9.17, 15) is 4.79 Å². The summed E-state index contributed by atoms with van der Waals surface area (Å²) >= 11 is 6.41. The van der Waals surface area contributed by atoms with Crippen LogP contribution in [-0.4, -0.2) is 27.2 Å². The van der Waals surface area contributed by atoms with Gasteiger partial charge in [-0.15, -0.1) is 0 Å². The van der Waals surface area contributed by atoms with Crippen molar-refractivity contribution in [3.05, 3.63) is 65.7 Å². The van der Waals surface area contributed by atoms with Gasteiger partial charge in [0.05, 0.1) is 12.0 Å². The van der Waals surface area contributed by atoms with Gasteiger partial charge in [-0.1, -0.05) is 66.4 Å². The summed E-state index contributed by atoms with van der Waals surface area (Å²) in [7, 11) is 0. The zero-order chi connectivity index (χ0) is 16.1. The number of ether oxygens (including phenoxy) is 1. The molecule has 0 radical (unpaired) electrons. The lowest BCUT2D eigenvalue weighted by molar-refractivity contribution is -0.123. The van der Waals surface area contributed by atoms with E-state index in [1.807, 2.05) is 54.6 Å². The molecule has 116 valence electrons. The van der Waals surface area contributed by atoms with Crippen LogP contribution >= 0.6 is 24.0 Å². The second-order valence-corrected chi connectivity index (χ2v) is 6.46. The number of rotatable bonds is 5. The van der Waals surface area contributed by atoms with Gasteiger partial charge in [0, 0.05) is 0 Å². The van der Waals surface area contributed by atoms with Crippen LogP contribution < -0.4 is 4.74 Å². The van der Waals surface area contributed by atoms with Crippen molar-refractivity contribution in [2.45, 2.75) is 6.61 Å². The maximum Gasteiger partial charge on any atom is 0.259 e. The first kappa shape index (κ1) is 15.7. The molecule has 2 aromatic rings. The van der Waals surface area contributed by atoms with Crippen molar-refractivity contribution in [3.8, 4) is 5.75 Å². The van der Waals surface area contributed by atoms with E-state index in [1.165, 1.54) is 16.8 Å². The average Bonchev–Trinajstić information content (AvgIpc) is 2.91. The molecule has 1 heterocycles. The van der Waals surface area contributed by atoms with Gasteiger partial charge in [-0.05, 0) is 23.3 Å². The summed E-state index contributed by atoms with van der Waals surface area (Å²) in [5.41, 5.74) is 1.96. The van der Waals surface area contributed by atoms with Gasteiger partial charge < -0.3 is 4.74 Å². The third-order valence-electron chi connectivity index (χ3n) is 3.16. The molecule has 6 heteroatoms. The Morgan fingerprint density at radius 2 is 2.04 bits per heavy atom. The quantitative estimate of drug-likeness (QED) is 0.616. The van der Waals surface area contributed by atoms with Crippen molar-refractivity contribution in [2.75, 3.05) is 5.75 Å². The molecule has 0 unspecified atom stereocenters. The van der Waals surface area contributed by atoms with Gasteiger partial charge in [-0.25, -0.2) is 0 Å². The Balaban J connectivity index is 1.65. The summed E-state index contributed by atoms with van der Waals surface area (Å²) in [5.74, 6) is 1.02. The van der Waals surface area contributed by atoms with Crippen molar-refractivity contribution in [1.82, 2.24) is 5.01 Å². The summed E-state index contributed by atoms with van der Waals surface area (Å²) in [5, 5.41) is 5.42. The molecule has 1 aliphatic heterocycles. The molecule has 4 nitrogen and oxygen atoms in total. The van der Waals surface area contributed by atoms with E-state index in [0.717, 1.165) is 16.9 Å². The summed E-state index contributed by atoms with van der Waals surface area (Å²) < 4.78 is 6.26. The van der Waals surface area contributed by atoms with Crippen LogP contribution in [0.3, 0.4) is 0 Å². The Kier molecular flexibility index (Phi) is 5.05.